The number of nitrogens with one attached hydrogen (secondary N) is 1. The van der Waals surface area contributed by atoms with Crippen LogP contribution in [0.15, 0.2) is 55.3 Å². The molecule has 2 heteroatoms. The van der Waals surface area contributed by atoms with Crippen molar-refractivity contribution in [3.8, 4) is 0 Å². The first-order chi connectivity index (χ1) is 7.33. The highest BCUT2D eigenvalue weighted by Crippen LogP contribution is 2.17. The van der Waals surface area contributed by atoms with Crippen LogP contribution in [0.5, 0.6) is 0 Å². The van der Waals surface area contributed by atoms with E-state index in [-0.39, 0.29) is 0 Å². The number of rotatable bonds is 5. The lowest BCUT2D eigenvalue weighted by atomic mass is 10.0. The van der Waals surface area contributed by atoms with Gasteiger partial charge in [-0.25, -0.2) is 0 Å². The summed E-state index contributed by atoms with van der Waals surface area (Å²) in [5.41, 5.74) is 3.06. The Balaban J connectivity index is 3.16. The van der Waals surface area contributed by atoms with Crippen LogP contribution in [0.3, 0.4) is 0 Å². The van der Waals surface area contributed by atoms with E-state index >= 15 is 0 Å². The third-order valence-electron chi connectivity index (χ3n) is 2.10. The van der Waals surface area contributed by atoms with Crippen molar-refractivity contribution >= 4 is 5.57 Å². The molecular weight excluding hydrogens is 184 g/mol. The van der Waals surface area contributed by atoms with Gasteiger partial charge in [0.25, 0.3) is 0 Å². The molecule has 0 amide bonds. The average molecular weight is 200 g/mol. The van der Waals surface area contributed by atoms with Crippen LogP contribution >= 0.6 is 0 Å². The monoisotopic (exact) mass is 200 g/mol. The topological polar surface area (TPSA) is 24.9 Å². The van der Waals surface area contributed by atoms with Crippen molar-refractivity contribution < 1.29 is 0 Å². The quantitative estimate of drug-likeness (QED) is 0.738. The normalized spacial score (nSPS) is 11.8. The lowest BCUT2D eigenvalue weighted by Crippen LogP contribution is -2.10. The van der Waals surface area contributed by atoms with Gasteiger partial charge in [0.1, 0.15) is 0 Å². The molecule has 0 saturated carbocycles. The molecule has 1 N–H and O–H groups in total. The van der Waals surface area contributed by atoms with Gasteiger partial charge in [0.2, 0.25) is 0 Å². The molecule has 1 rings (SSSR count). The minimum Gasteiger partial charge on any atom is -0.316 e. The lowest BCUT2D eigenvalue weighted by molar-refractivity contribution is 0.897. The van der Waals surface area contributed by atoms with Crippen LogP contribution in [-0.2, 0) is 0 Å². The number of allylic oxidation sites excluding steroid dienone is 2. The van der Waals surface area contributed by atoms with Crippen molar-refractivity contribution in [2.75, 3.05) is 13.6 Å². The Labute approximate surface area is 91.1 Å². The van der Waals surface area contributed by atoms with Crippen molar-refractivity contribution in [3.63, 3.8) is 0 Å². The molecule has 0 atom stereocenters. The van der Waals surface area contributed by atoms with E-state index in [0.717, 1.165) is 23.4 Å². The summed E-state index contributed by atoms with van der Waals surface area (Å²) >= 11 is 0. The molecule has 1 heterocycles. The zero-order chi connectivity index (χ0) is 11.1. The van der Waals surface area contributed by atoms with Gasteiger partial charge in [-0.1, -0.05) is 31.4 Å². The van der Waals surface area contributed by atoms with Crippen LogP contribution < -0.4 is 5.32 Å². The molecule has 0 unspecified atom stereocenters. The molecule has 0 radical (unpaired) electrons. The van der Waals surface area contributed by atoms with E-state index in [1.54, 1.807) is 6.20 Å². The van der Waals surface area contributed by atoms with E-state index < -0.39 is 0 Å². The number of pyridine rings is 1. The molecule has 0 spiro atoms. The van der Waals surface area contributed by atoms with Gasteiger partial charge in [-0.05, 0) is 24.8 Å². The molecule has 0 aliphatic carbocycles. The van der Waals surface area contributed by atoms with Crippen LogP contribution in [0.2, 0.25) is 0 Å². The summed E-state index contributed by atoms with van der Waals surface area (Å²) in [4.78, 5) is 4.30. The van der Waals surface area contributed by atoms with Gasteiger partial charge in [-0.2, -0.15) is 0 Å². The van der Waals surface area contributed by atoms with Crippen molar-refractivity contribution in [3.05, 3.63) is 61.0 Å². The highest BCUT2D eigenvalue weighted by molar-refractivity contribution is 5.76. The number of aromatic nitrogens is 1. The molecule has 15 heavy (non-hydrogen) atoms. The van der Waals surface area contributed by atoms with Gasteiger partial charge >= 0.3 is 0 Å². The van der Waals surface area contributed by atoms with Gasteiger partial charge in [-0.3, -0.25) is 4.98 Å². The van der Waals surface area contributed by atoms with Gasteiger partial charge in [0.05, 0.1) is 5.69 Å². The van der Waals surface area contributed by atoms with Crippen LogP contribution in [0.4, 0.5) is 0 Å². The maximum atomic E-state index is 4.30. The van der Waals surface area contributed by atoms with E-state index in [4.69, 9.17) is 0 Å². The fraction of sp³-hybridized carbons (Fsp3) is 0.154. The number of hydrogen-bond acceptors (Lipinski definition) is 2. The first-order valence-corrected chi connectivity index (χ1v) is 4.87. The van der Waals surface area contributed by atoms with E-state index in [1.807, 2.05) is 37.4 Å². The molecule has 0 bridgehead atoms. The maximum Gasteiger partial charge on any atom is 0.0704 e. The second-order valence-corrected chi connectivity index (χ2v) is 3.09. The smallest absolute Gasteiger partial charge is 0.0704 e. The van der Waals surface area contributed by atoms with Crippen molar-refractivity contribution in [2.24, 2.45) is 0 Å². The van der Waals surface area contributed by atoms with Crippen molar-refractivity contribution in [1.82, 2.24) is 10.3 Å². The summed E-state index contributed by atoms with van der Waals surface area (Å²) in [6.07, 6.45) is 5.43. The Kier molecular flexibility index (Phi) is 4.51. The first kappa shape index (κ1) is 11.4. The minimum absolute atomic E-state index is 0.765. The fourth-order valence-electron chi connectivity index (χ4n) is 1.39. The largest absolute Gasteiger partial charge is 0.316 e. The molecule has 0 aromatic carbocycles. The summed E-state index contributed by atoms with van der Waals surface area (Å²) < 4.78 is 0. The van der Waals surface area contributed by atoms with Crippen molar-refractivity contribution in [1.29, 1.82) is 0 Å². The Hall–Kier alpha value is -1.67. The number of hydrogen-bond donors (Lipinski definition) is 1. The minimum atomic E-state index is 0.765. The van der Waals surface area contributed by atoms with Crippen LogP contribution in [0, 0.1) is 0 Å². The summed E-state index contributed by atoms with van der Waals surface area (Å²) in [7, 11) is 1.91. The molecule has 2 nitrogen and oxygen atoms in total. The van der Waals surface area contributed by atoms with E-state index in [9.17, 15) is 0 Å². The zero-order valence-corrected chi connectivity index (χ0v) is 9.03. The molecule has 1 aromatic heterocycles. The SMILES string of the molecule is C=C/C(CNC)=C(\C=C)c1ccccn1. The number of likely N-dealkylation sites (N-methyl/N-ethyl adjacent to an activating group) is 1. The molecule has 0 saturated heterocycles. The van der Waals surface area contributed by atoms with E-state index in [1.165, 1.54) is 0 Å². The summed E-state index contributed by atoms with van der Waals surface area (Å²) in [5, 5.41) is 3.10. The predicted molar refractivity (Wildman–Crippen MR) is 65.5 cm³/mol. The van der Waals surface area contributed by atoms with Gasteiger partial charge in [0.15, 0.2) is 0 Å². The molecule has 78 valence electrons. The Morgan fingerprint density at radius 2 is 2.20 bits per heavy atom. The van der Waals surface area contributed by atoms with E-state index in [2.05, 4.69) is 23.5 Å². The van der Waals surface area contributed by atoms with Crippen molar-refractivity contribution in [2.45, 2.75) is 0 Å². The number of nitrogens with zero attached hydrogens (tertiary/aromatic N) is 1. The van der Waals surface area contributed by atoms with E-state index in [0.29, 0.717) is 0 Å². The molecule has 0 fully saturated rings. The molecule has 0 aliphatic rings. The third-order valence-corrected chi connectivity index (χ3v) is 2.10. The van der Waals surface area contributed by atoms with Gasteiger partial charge in [-0.15, -0.1) is 0 Å². The highest BCUT2D eigenvalue weighted by Gasteiger charge is 2.03. The molecular formula is C13H16N2. The summed E-state index contributed by atoms with van der Waals surface area (Å²) in [6.45, 7) is 8.38. The molecule has 0 aliphatic heterocycles. The van der Waals surface area contributed by atoms with Crippen LogP contribution in [0.1, 0.15) is 5.69 Å². The zero-order valence-electron chi connectivity index (χ0n) is 9.03. The second kappa shape index (κ2) is 5.94. The first-order valence-electron chi connectivity index (χ1n) is 4.87. The summed E-state index contributed by atoms with van der Waals surface area (Å²) in [6, 6.07) is 5.83. The van der Waals surface area contributed by atoms with Crippen LogP contribution in [-0.4, -0.2) is 18.6 Å². The maximum absolute atomic E-state index is 4.30. The standard InChI is InChI=1S/C13H16N2/c1-4-11(10-14-3)12(5-2)13-8-6-7-9-15-13/h4-9,14H,1-2,10H2,3H3/b12-11-. The summed E-state index contributed by atoms with van der Waals surface area (Å²) in [5.74, 6) is 0. The fourth-order valence-corrected chi connectivity index (χ4v) is 1.39. The average Bonchev–Trinajstić information content (AvgIpc) is 2.30. The third kappa shape index (κ3) is 2.89. The Morgan fingerprint density at radius 1 is 1.40 bits per heavy atom. The van der Waals surface area contributed by atoms with Gasteiger partial charge < -0.3 is 5.32 Å². The Morgan fingerprint density at radius 3 is 2.67 bits per heavy atom. The van der Waals surface area contributed by atoms with Crippen LogP contribution in [0.25, 0.3) is 5.57 Å². The predicted octanol–water partition coefficient (Wildman–Crippen LogP) is 2.43. The Bertz CT molecular complexity index is 363. The highest BCUT2D eigenvalue weighted by atomic mass is 14.8. The molecule has 1 aromatic rings. The lowest BCUT2D eigenvalue weighted by Gasteiger charge is -2.07. The second-order valence-electron chi connectivity index (χ2n) is 3.09. The van der Waals surface area contributed by atoms with Gasteiger partial charge in [0, 0.05) is 18.3 Å².